The fourth-order valence-electron chi connectivity index (χ4n) is 3.69. The average molecular weight is 594 g/mol. The van der Waals surface area contributed by atoms with Gasteiger partial charge in [-0.3, -0.25) is 14.7 Å². The van der Waals surface area contributed by atoms with Crippen molar-refractivity contribution >= 4 is 46.6 Å². The SMILES string of the molecule is CCOc1cc([C@H](C[N+](=O)[O-])Sc2nnc(C)n2-c2ccc(Cl)cc2)ccc1OCc1ccc(Cl)cc1Cl. The van der Waals surface area contributed by atoms with Crippen molar-refractivity contribution in [3.63, 3.8) is 0 Å². The van der Waals surface area contributed by atoms with E-state index in [1.54, 1.807) is 48.5 Å². The molecule has 0 spiro atoms. The van der Waals surface area contributed by atoms with Gasteiger partial charge in [-0.05, 0) is 67.9 Å². The Morgan fingerprint density at radius 3 is 2.39 bits per heavy atom. The molecule has 0 unspecified atom stereocenters. The van der Waals surface area contributed by atoms with E-state index >= 15 is 0 Å². The van der Waals surface area contributed by atoms with E-state index in [1.807, 2.05) is 30.5 Å². The number of halogens is 3. The van der Waals surface area contributed by atoms with E-state index in [9.17, 15) is 10.1 Å². The number of aromatic nitrogens is 3. The van der Waals surface area contributed by atoms with Gasteiger partial charge >= 0.3 is 0 Å². The molecule has 0 aliphatic rings. The molecule has 0 amide bonds. The number of rotatable bonds is 11. The molecule has 0 aliphatic carbocycles. The minimum absolute atomic E-state index is 0.200. The predicted octanol–water partition coefficient (Wildman–Crippen LogP) is 7.62. The molecular formula is C26H23Cl3N4O4S. The highest BCUT2D eigenvalue weighted by atomic mass is 35.5. The Morgan fingerprint density at radius 1 is 0.974 bits per heavy atom. The van der Waals surface area contributed by atoms with Crippen molar-refractivity contribution in [3.05, 3.63) is 103 Å². The maximum atomic E-state index is 11.6. The van der Waals surface area contributed by atoms with Gasteiger partial charge in [-0.15, -0.1) is 10.2 Å². The zero-order valence-corrected chi connectivity index (χ0v) is 23.5. The molecule has 4 aromatic rings. The minimum Gasteiger partial charge on any atom is -0.490 e. The normalized spacial score (nSPS) is 11.8. The Bertz CT molecular complexity index is 1430. The summed E-state index contributed by atoms with van der Waals surface area (Å²) in [7, 11) is 0. The number of aryl methyl sites for hydroxylation is 1. The highest BCUT2D eigenvalue weighted by Gasteiger charge is 2.25. The number of nitrogens with zero attached hydrogens (tertiary/aromatic N) is 4. The summed E-state index contributed by atoms with van der Waals surface area (Å²) >= 11 is 19.6. The first-order valence-electron chi connectivity index (χ1n) is 11.5. The third-order valence-corrected chi connectivity index (χ3v) is 7.50. The third kappa shape index (κ3) is 6.91. The number of hydrogen-bond donors (Lipinski definition) is 0. The van der Waals surface area contributed by atoms with Gasteiger partial charge in [0.2, 0.25) is 6.54 Å². The maximum Gasteiger partial charge on any atom is 0.220 e. The molecule has 1 aromatic heterocycles. The summed E-state index contributed by atoms with van der Waals surface area (Å²) in [6, 6.07) is 17.7. The zero-order valence-electron chi connectivity index (χ0n) is 20.4. The molecule has 198 valence electrons. The largest absolute Gasteiger partial charge is 0.490 e. The first-order valence-corrected chi connectivity index (χ1v) is 13.6. The van der Waals surface area contributed by atoms with E-state index in [4.69, 9.17) is 44.3 Å². The lowest BCUT2D eigenvalue weighted by Gasteiger charge is -2.18. The van der Waals surface area contributed by atoms with Crippen LogP contribution in [0.1, 0.15) is 29.1 Å². The number of nitro groups is 1. The van der Waals surface area contributed by atoms with Crippen molar-refractivity contribution in [1.82, 2.24) is 14.8 Å². The molecule has 0 saturated heterocycles. The zero-order chi connectivity index (χ0) is 27.2. The van der Waals surface area contributed by atoms with Crippen LogP contribution in [-0.2, 0) is 6.61 Å². The van der Waals surface area contributed by atoms with Crippen molar-refractivity contribution in [3.8, 4) is 17.2 Å². The summed E-state index contributed by atoms with van der Waals surface area (Å²) in [5.74, 6) is 1.61. The van der Waals surface area contributed by atoms with Crippen LogP contribution in [0.5, 0.6) is 11.5 Å². The maximum absolute atomic E-state index is 11.6. The highest BCUT2D eigenvalue weighted by molar-refractivity contribution is 7.99. The van der Waals surface area contributed by atoms with Crippen molar-refractivity contribution < 1.29 is 14.4 Å². The Kier molecular flexibility index (Phi) is 9.38. The lowest BCUT2D eigenvalue weighted by Crippen LogP contribution is -2.11. The van der Waals surface area contributed by atoms with Crippen molar-refractivity contribution in [2.75, 3.05) is 13.2 Å². The molecule has 8 nitrogen and oxygen atoms in total. The van der Waals surface area contributed by atoms with Crippen LogP contribution in [-0.4, -0.2) is 32.8 Å². The molecule has 0 bridgehead atoms. The molecule has 3 aromatic carbocycles. The first kappa shape index (κ1) is 28.0. The molecule has 38 heavy (non-hydrogen) atoms. The molecule has 0 saturated carbocycles. The minimum atomic E-state index is -0.571. The van der Waals surface area contributed by atoms with E-state index < -0.39 is 5.25 Å². The fraction of sp³-hybridized carbons (Fsp3) is 0.231. The summed E-state index contributed by atoms with van der Waals surface area (Å²) in [5, 5.41) is 21.7. The van der Waals surface area contributed by atoms with Gasteiger partial charge in [0.1, 0.15) is 17.7 Å². The molecular weight excluding hydrogens is 571 g/mol. The second-order valence-corrected chi connectivity index (χ2v) is 10.6. The smallest absolute Gasteiger partial charge is 0.220 e. The number of thioether (sulfide) groups is 1. The Hall–Kier alpha value is -2.98. The average Bonchev–Trinajstić information content (AvgIpc) is 3.24. The number of hydrogen-bond acceptors (Lipinski definition) is 7. The fourth-order valence-corrected chi connectivity index (χ4v) is 5.44. The van der Waals surface area contributed by atoms with Crippen molar-refractivity contribution in [2.45, 2.75) is 30.9 Å². The van der Waals surface area contributed by atoms with Crippen LogP contribution in [0.4, 0.5) is 0 Å². The summed E-state index contributed by atoms with van der Waals surface area (Å²) in [5.41, 5.74) is 2.26. The second kappa shape index (κ2) is 12.7. The topological polar surface area (TPSA) is 92.3 Å². The third-order valence-electron chi connectivity index (χ3n) is 5.48. The van der Waals surface area contributed by atoms with Gasteiger partial charge in [-0.2, -0.15) is 0 Å². The number of benzene rings is 3. The highest BCUT2D eigenvalue weighted by Crippen LogP contribution is 2.40. The lowest BCUT2D eigenvalue weighted by atomic mass is 10.1. The van der Waals surface area contributed by atoms with E-state index in [0.717, 1.165) is 11.3 Å². The Balaban J connectivity index is 1.62. The van der Waals surface area contributed by atoms with Crippen LogP contribution < -0.4 is 9.47 Å². The van der Waals surface area contributed by atoms with E-state index in [-0.39, 0.29) is 18.1 Å². The van der Waals surface area contributed by atoms with E-state index in [2.05, 4.69) is 10.2 Å². The molecule has 0 fully saturated rings. The van der Waals surface area contributed by atoms with E-state index in [1.165, 1.54) is 11.8 Å². The van der Waals surface area contributed by atoms with Gasteiger partial charge in [-0.25, -0.2) is 0 Å². The van der Waals surface area contributed by atoms with Crippen LogP contribution in [0.15, 0.2) is 65.8 Å². The first-order chi connectivity index (χ1) is 18.2. The second-order valence-electron chi connectivity index (χ2n) is 8.13. The van der Waals surface area contributed by atoms with Crippen LogP contribution in [0.2, 0.25) is 15.1 Å². The van der Waals surface area contributed by atoms with Gasteiger partial charge in [0.25, 0.3) is 0 Å². The number of ether oxygens (including phenoxy) is 2. The summed E-state index contributed by atoms with van der Waals surface area (Å²) in [4.78, 5) is 11.3. The van der Waals surface area contributed by atoms with E-state index in [0.29, 0.717) is 49.7 Å². The predicted molar refractivity (Wildman–Crippen MR) is 150 cm³/mol. The van der Waals surface area contributed by atoms with Gasteiger partial charge in [0.15, 0.2) is 16.7 Å². The molecule has 0 radical (unpaired) electrons. The van der Waals surface area contributed by atoms with Crippen molar-refractivity contribution in [2.24, 2.45) is 0 Å². The summed E-state index contributed by atoms with van der Waals surface area (Å²) in [6.07, 6.45) is 0. The van der Waals surface area contributed by atoms with Gasteiger partial charge in [-0.1, -0.05) is 58.7 Å². The molecule has 12 heteroatoms. The Labute approximate surface area is 239 Å². The lowest BCUT2D eigenvalue weighted by molar-refractivity contribution is -0.479. The van der Waals surface area contributed by atoms with Crippen molar-refractivity contribution in [1.29, 1.82) is 0 Å². The van der Waals surface area contributed by atoms with Gasteiger partial charge in [0, 0.05) is 31.2 Å². The molecule has 1 atom stereocenters. The summed E-state index contributed by atoms with van der Waals surface area (Å²) < 4.78 is 13.7. The van der Waals surface area contributed by atoms with Crippen LogP contribution >= 0.6 is 46.6 Å². The molecule has 0 aliphatic heterocycles. The standard InChI is InChI=1S/C26H23Cl3N4O4S/c1-3-36-24-12-17(5-11-23(24)37-15-18-4-6-20(28)13-22(18)29)25(14-32(34)35)38-26-31-30-16(2)33(26)21-9-7-19(27)8-10-21/h4-13,25H,3,14-15H2,1-2H3/t25-/m0/s1. The Morgan fingerprint density at radius 2 is 1.71 bits per heavy atom. The van der Waals surface area contributed by atoms with Crippen LogP contribution in [0.25, 0.3) is 5.69 Å². The van der Waals surface area contributed by atoms with Crippen LogP contribution in [0.3, 0.4) is 0 Å². The van der Waals surface area contributed by atoms with Crippen LogP contribution in [0, 0.1) is 17.0 Å². The monoisotopic (exact) mass is 592 g/mol. The molecule has 0 N–H and O–H groups in total. The van der Waals surface area contributed by atoms with Gasteiger partial charge < -0.3 is 9.47 Å². The summed E-state index contributed by atoms with van der Waals surface area (Å²) in [6.45, 7) is 3.93. The molecule has 4 rings (SSSR count). The quantitative estimate of drug-likeness (QED) is 0.100. The molecule has 1 heterocycles. The van der Waals surface area contributed by atoms with Gasteiger partial charge in [0.05, 0.1) is 6.61 Å².